The van der Waals surface area contributed by atoms with Crippen molar-refractivity contribution in [1.29, 1.82) is 0 Å². The molecular formula is C9H12N2O5. The minimum absolute atomic E-state index is 0.157. The number of hydrogen-bond acceptors (Lipinski definition) is 6. The highest BCUT2D eigenvalue weighted by molar-refractivity contribution is 5.09. The predicted molar refractivity (Wildman–Crippen MR) is 52.1 cm³/mol. The van der Waals surface area contributed by atoms with Crippen LogP contribution in [0.25, 0.3) is 0 Å². The normalized spacial score (nSPS) is 21.6. The molecule has 16 heavy (non-hydrogen) atoms. The Labute approximate surface area is 90.9 Å². The summed E-state index contributed by atoms with van der Waals surface area (Å²) in [5, 5.41) is 18.7. The topological polar surface area (TPSA) is 93.8 Å². The number of ether oxygens (including phenoxy) is 2. The Balaban J connectivity index is 2.15. The van der Waals surface area contributed by atoms with Gasteiger partial charge in [-0.25, -0.2) is 0 Å². The van der Waals surface area contributed by atoms with E-state index in [4.69, 9.17) is 14.6 Å². The predicted octanol–water partition coefficient (Wildman–Crippen LogP) is -1.50. The van der Waals surface area contributed by atoms with Crippen LogP contribution in [0.4, 0.5) is 0 Å². The van der Waals surface area contributed by atoms with E-state index in [0.717, 1.165) is 0 Å². The number of fused-ring (bicyclic) bond motifs is 1. The lowest BCUT2D eigenvalue weighted by atomic mass is 10.1. The van der Waals surface area contributed by atoms with Crippen molar-refractivity contribution in [3.8, 4) is 6.01 Å². The Morgan fingerprint density at radius 2 is 2.50 bits per heavy atom. The molecule has 1 aliphatic rings. The maximum Gasteiger partial charge on any atom is 0.304 e. The average Bonchev–Trinajstić information content (AvgIpc) is 2.24. The van der Waals surface area contributed by atoms with Gasteiger partial charge in [-0.15, -0.1) is 0 Å². The highest BCUT2D eigenvalue weighted by Crippen LogP contribution is 2.31. The third-order valence-electron chi connectivity index (χ3n) is 2.46. The number of aromatic nitrogens is 2. The second-order valence-electron chi connectivity index (χ2n) is 3.41. The zero-order valence-corrected chi connectivity index (χ0v) is 8.61. The summed E-state index contributed by atoms with van der Waals surface area (Å²) >= 11 is 0. The van der Waals surface area contributed by atoms with Crippen molar-refractivity contribution >= 4 is 0 Å². The summed E-state index contributed by atoms with van der Waals surface area (Å²) in [5.74, 6) is 0. The molecule has 3 unspecified atom stereocenters. The van der Waals surface area contributed by atoms with Gasteiger partial charge < -0.3 is 19.7 Å². The second kappa shape index (κ2) is 4.20. The van der Waals surface area contributed by atoms with Crippen LogP contribution in [-0.4, -0.2) is 45.7 Å². The zero-order valence-electron chi connectivity index (χ0n) is 8.61. The Bertz CT molecular complexity index is 428. The van der Waals surface area contributed by atoms with E-state index in [0.29, 0.717) is 0 Å². The van der Waals surface area contributed by atoms with E-state index in [1.807, 2.05) is 0 Å². The van der Waals surface area contributed by atoms with Gasteiger partial charge in [0.2, 0.25) is 6.23 Å². The standard InChI is InChI=1S/C9H12N2O5/c1-15-5(4-12)7(14)8-11-3-2-6(13)10-9(11)16-8/h2-3,5,7-8,12,14H,4H2,1H3. The Morgan fingerprint density at radius 3 is 3.06 bits per heavy atom. The van der Waals surface area contributed by atoms with Gasteiger partial charge in [-0.1, -0.05) is 0 Å². The lowest BCUT2D eigenvalue weighted by molar-refractivity contribution is -0.140. The Kier molecular flexibility index (Phi) is 2.90. The third kappa shape index (κ3) is 1.69. The van der Waals surface area contributed by atoms with E-state index in [2.05, 4.69) is 4.98 Å². The Hall–Kier alpha value is -1.44. The van der Waals surface area contributed by atoms with Crippen LogP contribution < -0.4 is 10.3 Å². The summed E-state index contributed by atoms with van der Waals surface area (Å²) in [7, 11) is 1.38. The molecule has 7 heteroatoms. The molecule has 1 aliphatic heterocycles. The second-order valence-corrected chi connectivity index (χ2v) is 3.41. The minimum atomic E-state index is -1.02. The molecule has 7 nitrogen and oxygen atoms in total. The number of nitrogens with zero attached hydrogens (tertiary/aromatic N) is 2. The number of aliphatic hydroxyl groups excluding tert-OH is 2. The van der Waals surface area contributed by atoms with Gasteiger partial charge in [0.25, 0.3) is 5.56 Å². The zero-order chi connectivity index (χ0) is 11.7. The van der Waals surface area contributed by atoms with Crippen LogP contribution in [0.2, 0.25) is 0 Å². The molecule has 0 saturated heterocycles. The first-order chi connectivity index (χ1) is 7.67. The number of hydrogen-bond donors (Lipinski definition) is 2. The lowest BCUT2D eigenvalue weighted by Gasteiger charge is -2.36. The first-order valence-corrected chi connectivity index (χ1v) is 4.75. The van der Waals surface area contributed by atoms with E-state index in [1.165, 1.54) is 23.9 Å². The summed E-state index contributed by atoms with van der Waals surface area (Å²) < 4.78 is 11.5. The highest BCUT2D eigenvalue weighted by atomic mass is 16.6. The van der Waals surface area contributed by atoms with E-state index in [-0.39, 0.29) is 12.6 Å². The maximum atomic E-state index is 10.9. The fourth-order valence-electron chi connectivity index (χ4n) is 1.53. The minimum Gasteiger partial charge on any atom is -0.437 e. The molecule has 0 amide bonds. The van der Waals surface area contributed by atoms with Crippen LogP contribution in [0.5, 0.6) is 6.01 Å². The SMILES string of the molecule is COC(CO)C(O)C1Oc2nc(=O)ccn21. The quantitative estimate of drug-likeness (QED) is 0.651. The highest BCUT2D eigenvalue weighted by Gasteiger charge is 2.38. The molecule has 2 N–H and O–H groups in total. The first kappa shape index (κ1) is 11.1. The number of methoxy groups -OCH3 is 1. The number of rotatable bonds is 4. The Morgan fingerprint density at radius 1 is 1.75 bits per heavy atom. The molecular weight excluding hydrogens is 216 g/mol. The molecule has 0 bridgehead atoms. The van der Waals surface area contributed by atoms with Crippen molar-refractivity contribution in [1.82, 2.24) is 9.55 Å². The fraction of sp³-hybridized carbons (Fsp3) is 0.556. The molecule has 0 aromatic carbocycles. The van der Waals surface area contributed by atoms with Crippen LogP contribution in [0.3, 0.4) is 0 Å². The fourth-order valence-corrected chi connectivity index (χ4v) is 1.53. The smallest absolute Gasteiger partial charge is 0.304 e. The van der Waals surface area contributed by atoms with E-state index < -0.39 is 24.0 Å². The summed E-state index contributed by atoms with van der Waals surface area (Å²) in [6.07, 6.45) is -0.962. The monoisotopic (exact) mass is 228 g/mol. The molecule has 0 aliphatic carbocycles. The molecule has 0 radical (unpaired) electrons. The molecule has 88 valence electrons. The largest absolute Gasteiger partial charge is 0.437 e. The van der Waals surface area contributed by atoms with Gasteiger partial charge in [0.15, 0.2) is 0 Å². The molecule has 1 aromatic rings. The summed E-state index contributed by atoms with van der Waals surface area (Å²) in [4.78, 5) is 14.4. The molecule has 0 saturated carbocycles. The van der Waals surface area contributed by atoms with Crippen molar-refractivity contribution < 1.29 is 19.7 Å². The van der Waals surface area contributed by atoms with Crippen LogP contribution in [0.15, 0.2) is 17.1 Å². The maximum absolute atomic E-state index is 10.9. The molecule has 0 spiro atoms. The van der Waals surface area contributed by atoms with E-state index >= 15 is 0 Å². The van der Waals surface area contributed by atoms with E-state index in [9.17, 15) is 9.90 Å². The third-order valence-corrected chi connectivity index (χ3v) is 2.46. The van der Waals surface area contributed by atoms with Crippen molar-refractivity contribution in [3.05, 3.63) is 22.6 Å². The summed E-state index contributed by atoms with van der Waals surface area (Å²) in [6, 6.07) is 1.43. The first-order valence-electron chi connectivity index (χ1n) is 4.75. The van der Waals surface area contributed by atoms with Crippen LogP contribution in [0.1, 0.15) is 6.23 Å². The van der Waals surface area contributed by atoms with Crippen molar-refractivity contribution in [3.63, 3.8) is 0 Å². The number of aliphatic hydroxyl groups is 2. The van der Waals surface area contributed by atoms with Gasteiger partial charge in [-0.2, -0.15) is 4.98 Å². The van der Waals surface area contributed by atoms with Gasteiger partial charge >= 0.3 is 6.01 Å². The molecule has 2 rings (SSSR count). The van der Waals surface area contributed by atoms with Gasteiger partial charge in [0, 0.05) is 19.4 Å². The molecule has 2 heterocycles. The van der Waals surface area contributed by atoms with Crippen molar-refractivity contribution in [2.75, 3.05) is 13.7 Å². The van der Waals surface area contributed by atoms with Gasteiger partial charge in [-0.3, -0.25) is 9.36 Å². The molecule has 1 aromatic heterocycles. The van der Waals surface area contributed by atoms with Crippen LogP contribution >= 0.6 is 0 Å². The van der Waals surface area contributed by atoms with Gasteiger partial charge in [0.1, 0.15) is 12.2 Å². The van der Waals surface area contributed by atoms with Gasteiger partial charge in [-0.05, 0) is 0 Å². The summed E-state index contributed by atoms with van der Waals surface area (Å²) in [6.45, 7) is -0.319. The van der Waals surface area contributed by atoms with Crippen LogP contribution in [-0.2, 0) is 4.74 Å². The van der Waals surface area contributed by atoms with E-state index in [1.54, 1.807) is 0 Å². The van der Waals surface area contributed by atoms with Gasteiger partial charge in [0.05, 0.1) is 6.61 Å². The van der Waals surface area contributed by atoms with Crippen molar-refractivity contribution in [2.24, 2.45) is 0 Å². The summed E-state index contributed by atoms with van der Waals surface area (Å²) in [5.41, 5.74) is -0.398. The molecule has 3 atom stereocenters. The lowest BCUT2D eigenvalue weighted by Crippen LogP contribution is -2.47. The van der Waals surface area contributed by atoms with Crippen LogP contribution in [0, 0.1) is 0 Å². The molecule has 0 fully saturated rings. The van der Waals surface area contributed by atoms with Crippen molar-refractivity contribution in [2.45, 2.75) is 18.4 Å². The average molecular weight is 228 g/mol.